The minimum Gasteiger partial charge on any atom is -0.497 e. The van der Waals surface area contributed by atoms with Crippen LogP contribution in [0.25, 0.3) is 5.57 Å². The quantitative estimate of drug-likeness (QED) is 0.388. The van der Waals surface area contributed by atoms with Gasteiger partial charge < -0.3 is 14.4 Å². The number of carbonyl (C=O) groups is 2. The predicted molar refractivity (Wildman–Crippen MR) is 117 cm³/mol. The van der Waals surface area contributed by atoms with E-state index < -0.39 is 16.7 Å². The molecule has 32 heavy (non-hydrogen) atoms. The summed E-state index contributed by atoms with van der Waals surface area (Å²) in [5.74, 6) is -0.0215. The van der Waals surface area contributed by atoms with Crippen LogP contribution in [0.4, 0.5) is 11.4 Å². The van der Waals surface area contributed by atoms with Gasteiger partial charge in [-0.25, -0.2) is 4.90 Å². The maximum absolute atomic E-state index is 13.6. The number of benzene rings is 2. The third-order valence-corrected chi connectivity index (χ3v) is 5.69. The van der Waals surface area contributed by atoms with Crippen molar-refractivity contribution < 1.29 is 24.0 Å². The minimum atomic E-state index is -0.500. The van der Waals surface area contributed by atoms with Gasteiger partial charge in [-0.3, -0.25) is 19.7 Å². The summed E-state index contributed by atoms with van der Waals surface area (Å²) in [5, 5.41) is 11.1. The van der Waals surface area contributed by atoms with Crippen LogP contribution in [0, 0.1) is 10.1 Å². The van der Waals surface area contributed by atoms with Crippen LogP contribution in [-0.4, -0.2) is 48.9 Å². The molecule has 1 fully saturated rings. The second kappa shape index (κ2) is 8.70. The summed E-state index contributed by atoms with van der Waals surface area (Å²) in [6.07, 6.45) is 2.91. The van der Waals surface area contributed by atoms with Gasteiger partial charge in [0.15, 0.2) is 0 Å². The van der Waals surface area contributed by atoms with Crippen molar-refractivity contribution in [1.29, 1.82) is 0 Å². The van der Waals surface area contributed by atoms with Crippen molar-refractivity contribution in [2.24, 2.45) is 0 Å². The lowest BCUT2D eigenvalue weighted by Gasteiger charge is -2.29. The Morgan fingerprint density at radius 3 is 2.00 bits per heavy atom. The third kappa shape index (κ3) is 3.77. The molecule has 0 saturated carbocycles. The van der Waals surface area contributed by atoms with E-state index in [1.807, 2.05) is 4.90 Å². The summed E-state index contributed by atoms with van der Waals surface area (Å²) in [7, 11) is 2.98. The Bertz CT molecular complexity index is 1080. The maximum atomic E-state index is 13.6. The van der Waals surface area contributed by atoms with Gasteiger partial charge in [0.25, 0.3) is 17.5 Å². The summed E-state index contributed by atoms with van der Waals surface area (Å²) in [6, 6.07) is 10.6. The smallest absolute Gasteiger partial charge is 0.282 e. The Hall–Kier alpha value is -3.88. The molecule has 2 aromatic carbocycles. The molecule has 9 heteroatoms. The highest BCUT2D eigenvalue weighted by Crippen LogP contribution is 2.38. The number of ether oxygens (including phenoxy) is 2. The van der Waals surface area contributed by atoms with Crippen LogP contribution in [0.1, 0.15) is 24.8 Å². The van der Waals surface area contributed by atoms with Crippen LogP contribution in [0.5, 0.6) is 11.5 Å². The Morgan fingerprint density at radius 1 is 0.875 bits per heavy atom. The standard InChI is InChI=1S/C23H23N3O6/c1-31-18-12-17(13-19(14-18)32-2)25-22(27)20(15-6-8-16(9-7-15)26(29)30)21(23(25)28)24-10-4-3-5-11-24/h6-9,12-14H,3-5,10-11H2,1-2H3. The molecule has 2 amide bonds. The summed E-state index contributed by atoms with van der Waals surface area (Å²) in [6.45, 7) is 1.33. The molecule has 166 valence electrons. The average molecular weight is 437 g/mol. The van der Waals surface area contributed by atoms with E-state index in [2.05, 4.69) is 0 Å². The first-order valence-corrected chi connectivity index (χ1v) is 10.3. The molecule has 0 N–H and O–H groups in total. The van der Waals surface area contributed by atoms with E-state index in [1.165, 1.54) is 38.5 Å². The van der Waals surface area contributed by atoms with Crippen LogP contribution in [0.2, 0.25) is 0 Å². The van der Waals surface area contributed by atoms with Crippen molar-refractivity contribution in [2.75, 3.05) is 32.2 Å². The van der Waals surface area contributed by atoms with E-state index in [4.69, 9.17) is 9.47 Å². The molecule has 2 aromatic rings. The first-order chi connectivity index (χ1) is 15.4. The maximum Gasteiger partial charge on any atom is 0.282 e. The van der Waals surface area contributed by atoms with Gasteiger partial charge in [0.1, 0.15) is 17.2 Å². The molecule has 2 aliphatic rings. The summed E-state index contributed by atoms with van der Waals surface area (Å²) in [4.78, 5) is 40.8. The van der Waals surface area contributed by atoms with Crippen LogP contribution >= 0.6 is 0 Å². The Kier molecular flexibility index (Phi) is 5.81. The van der Waals surface area contributed by atoms with Crippen LogP contribution in [-0.2, 0) is 9.59 Å². The SMILES string of the molecule is COc1cc(OC)cc(N2C(=O)C(c3ccc([N+](=O)[O-])cc3)=C(N3CCCCC3)C2=O)c1. The summed E-state index contributed by atoms with van der Waals surface area (Å²) >= 11 is 0. The zero-order valence-electron chi connectivity index (χ0n) is 17.9. The zero-order valence-corrected chi connectivity index (χ0v) is 17.9. The van der Waals surface area contributed by atoms with Gasteiger partial charge in [-0.2, -0.15) is 0 Å². The van der Waals surface area contributed by atoms with Gasteiger partial charge in [-0.05, 0) is 37.0 Å². The van der Waals surface area contributed by atoms with Crippen LogP contribution < -0.4 is 14.4 Å². The summed E-state index contributed by atoms with van der Waals surface area (Å²) in [5.41, 5.74) is 1.29. The van der Waals surface area contributed by atoms with Crippen LogP contribution in [0.3, 0.4) is 0 Å². The largest absolute Gasteiger partial charge is 0.497 e. The summed E-state index contributed by atoms with van der Waals surface area (Å²) < 4.78 is 10.6. The number of carbonyl (C=O) groups excluding carboxylic acids is 2. The number of nitro groups is 1. The van der Waals surface area contributed by atoms with Crippen molar-refractivity contribution in [3.8, 4) is 11.5 Å². The van der Waals surface area contributed by atoms with E-state index in [1.54, 1.807) is 18.2 Å². The lowest BCUT2D eigenvalue weighted by atomic mass is 10.0. The Balaban J connectivity index is 1.82. The molecular formula is C23H23N3O6. The van der Waals surface area contributed by atoms with Gasteiger partial charge in [0.2, 0.25) is 0 Å². The second-order valence-corrected chi connectivity index (χ2v) is 7.59. The Labute approximate surface area is 185 Å². The molecule has 9 nitrogen and oxygen atoms in total. The van der Waals surface area contributed by atoms with E-state index in [9.17, 15) is 19.7 Å². The highest BCUT2D eigenvalue weighted by Gasteiger charge is 2.43. The number of likely N-dealkylation sites (tertiary alicyclic amines) is 1. The van der Waals surface area contributed by atoms with Crippen molar-refractivity contribution in [3.63, 3.8) is 0 Å². The number of hydrogen-bond donors (Lipinski definition) is 0. The fourth-order valence-electron chi connectivity index (χ4n) is 4.10. The Morgan fingerprint density at radius 2 is 1.47 bits per heavy atom. The molecule has 4 rings (SSSR count). The van der Waals surface area contributed by atoms with Gasteiger partial charge in [0.05, 0.1) is 30.4 Å². The van der Waals surface area contributed by atoms with E-state index in [-0.39, 0.29) is 11.3 Å². The molecule has 0 radical (unpaired) electrons. The minimum absolute atomic E-state index is 0.0833. The van der Waals surface area contributed by atoms with E-state index in [0.29, 0.717) is 41.5 Å². The zero-order chi connectivity index (χ0) is 22.8. The molecule has 1 saturated heterocycles. The topological polar surface area (TPSA) is 102 Å². The van der Waals surface area contributed by atoms with Gasteiger partial charge >= 0.3 is 0 Å². The number of rotatable bonds is 6. The third-order valence-electron chi connectivity index (χ3n) is 5.69. The number of nitrogens with zero attached hydrogens (tertiary/aromatic N) is 3. The lowest BCUT2D eigenvalue weighted by molar-refractivity contribution is -0.384. The van der Waals surface area contributed by atoms with Crippen molar-refractivity contribution >= 4 is 28.8 Å². The van der Waals surface area contributed by atoms with E-state index in [0.717, 1.165) is 24.2 Å². The number of hydrogen-bond acceptors (Lipinski definition) is 7. The normalized spacial score (nSPS) is 16.6. The first kappa shape index (κ1) is 21.4. The number of methoxy groups -OCH3 is 2. The second-order valence-electron chi connectivity index (χ2n) is 7.59. The van der Waals surface area contributed by atoms with Gasteiger partial charge in [0, 0.05) is 43.4 Å². The fraction of sp³-hybridized carbons (Fsp3) is 0.304. The number of imide groups is 1. The molecule has 2 heterocycles. The van der Waals surface area contributed by atoms with E-state index >= 15 is 0 Å². The molecule has 2 aliphatic heterocycles. The molecular weight excluding hydrogens is 414 g/mol. The molecule has 0 aromatic heterocycles. The average Bonchev–Trinajstić information content (AvgIpc) is 3.09. The lowest BCUT2D eigenvalue weighted by Crippen LogP contribution is -2.37. The van der Waals surface area contributed by atoms with Gasteiger partial charge in [-0.1, -0.05) is 0 Å². The number of amides is 2. The predicted octanol–water partition coefficient (Wildman–Crippen LogP) is 3.38. The number of anilines is 1. The van der Waals surface area contributed by atoms with Crippen molar-refractivity contribution in [3.05, 3.63) is 63.8 Å². The van der Waals surface area contributed by atoms with Crippen LogP contribution in [0.15, 0.2) is 48.2 Å². The first-order valence-electron chi connectivity index (χ1n) is 10.3. The molecule has 0 atom stereocenters. The number of piperidine rings is 1. The monoisotopic (exact) mass is 437 g/mol. The molecule has 0 spiro atoms. The van der Waals surface area contributed by atoms with Crippen molar-refractivity contribution in [1.82, 2.24) is 4.90 Å². The fourth-order valence-corrected chi connectivity index (χ4v) is 4.10. The molecule has 0 bridgehead atoms. The highest BCUT2D eigenvalue weighted by atomic mass is 16.6. The molecule has 0 aliphatic carbocycles. The highest BCUT2D eigenvalue weighted by molar-refractivity contribution is 6.45. The van der Waals surface area contributed by atoms with Crippen molar-refractivity contribution in [2.45, 2.75) is 19.3 Å². The molecule has 0 unspecified atom stereocenters. The number of nitro benzene ring substituents is 1. The van der Waals surface area contributed by atoms with Gasteiger partial charge in [-0.15, -0.1) is 0 Å². The number of non-ortho nitro benzene ring substituents is 1.